The molecule has 10 atom stereocenters. The summed E-state index contributed by atoms with van der Waals surface area (Å²) >= 11 is 0. The van der Waals surface area contributed by atoms with E-state index in [1.807, 2.05) is 71.0 Å². The third-order valence-corrected chi connectivity index (χ3v) is 21.8. The van der Waals surface area contributed by atoms with Crippen molar-refractivity contribution >= 4 is 34.6 Å². The Labute approximate surface area is 420 Å². The number of nitrogens with zero attached hydrogens (tertiary/aromatic N) is 1. The van der Waals surface area contributed by atoms with Gasteiger partial charge < -0.3 is 33.2 Å². The summed E-state index contributed by atoms with van der Waals surface area (Å²) in [7, 11) is -5.18. The van der Waals surface area contributed by atoms with Gasteiger partial charge in [0, 0.05) is 25.9 Å². The Hall–Kier alpha value is -3.66. The number of carbonyl (C=O) groups excluding carboxylic acids is 1. The van der Waals surface area contributed by atoms with E-state index >= 15 is 0 Å². The summed E-state index contributed by atoms with van der Waals surface area (Å²) in [4.78, 5) is 27.7. The number of unbranched alkanes of at least 4 members (excludes halogenated alkanes) is 1. The van der Waals surface area contributed by atoms with Crippen molar-refractivity contribution in [3.05, 3.63) is 115 Å². The Morgan fingerprint density at radius 3 is 2.00 bits per heavy atom. The smallest absolute Gasteiger partial charge is 0.412 e. The molecule has 1 N–H and O–H groups in total. The lowest BCUT2D eigenvalue weighted by atomic mass is 9.83. The van der Waals surface area contributed by atoms with Crippen LogP contribution in [0.5, 0.6) is 0 Å². The number of ether oxygens (including phenoxy) is 6. The van der Waals surface area contributed by atoms with Crippen LogP contribution < -0.4 is 10.4 Å². The van der Waals surface area contributed by atoms with Crippen LogP contribution in [0, 0.1) is 11.8 Å². The number of methoxy groups -OCH3 is 1. The number of sulfone groups is 1. The third-order valence-electron chi connectivity index (χ3n) is 15.5. The van der Waals surface area contributed by atoms with Gasteiger partial charge in [0.25, 0.3) is 8.32 Å². The molecule has 0 bridgehead atoms. The molecular weight excluding hydrogens is 919 g/mol. The standard InChI is InChI=1S/C57H81NO10SSi/c1-39-33-43(30-31-49-40(2)34-42(64-49)23-21-22-32-56(7,8)70(62,46-26-17-13-18-27-46)47-28-19-14-20-29-47)65-50(41(39)3)36-51-48(38-69(60,61)45-24-15-12-16-25-45)53(63-11)52(66-51)35-44-37-58(57(9,10)67-44)54(59)68-55(4,5)6/h12-20,24-29,39,42-44,48-53,62H,2-3,21-23,30-38H2,1,4-11H3/t39-,42+,43+,44+,48+,49+,50-,51+,52-,53-/m1/s1. The molecule has 4 fully saturated rings. The van der Waals surface area contributed by atoms with Gasteiger partial charge in [-0.25, -0.2) is 13.2 Å². The van der Waals surface area contributed by atoms with Crippen LogP contribution >= 0.6 is 0 Å². The quantitative estimate of drug-likeness (QED) is 0.0704. The summed E-state index contributed by atoms with van der Waals surface area (Å²) < 4.78 is 67.0. The molecular formula is C57H81NO10SSi. The van der Waals surface area contributed by atoms with Gasteiger partial charge in [-0.15, -0.1) is 0 Å². The molecule has 0 spiro atoms. The van der Waals surface area contributed by atoms with E-state index in [2.05, 4.69) is 58.2 Å². The van der Waals surface area contributed by atoms with Gasteiger partial charge in [0.2, 0.25) is 0 Å². The maximum Gasteiger partial charge on any atom is 0.412 e. The first-order chi connectivity index (χ1) is 33.0. The Bertz CT molecular complexity index is 2300. The highest BCUT2D eigenvalue weighted by atomic mass is 32.2. The average Bonchev–Trinajstić information content (AvgIpc) is 3.94. The predicted octanol–water partition coefficient (Wildman–Crippen LogP) is 9.95. The van der Waals surface area contributed by atoms with Gasteiger partial charge in [-0.2, -0.15) is 0 Å². The molecule has 11 nitrogen and oxygen atoms in total. The van der Waals surface area contributed by atoms with Crippen molar-refractivity contribution in [3.8, 4) is 0 Å². The van der Waals surface area contributed by atoms with Gasteiger partial charge in [0.1, 0.15) is 11.3 Å². The van der Waals surface area contributed by atoms with E-state index < -0.39 is 65.9 Å². The fourth-order valence-electron chi connectivity index (χ4n) is 11.6. The van der Waals surface area contributed by atoms with E-state index in [0.717, 1.165) is 72.9 Å². The molecule has 4 heterocycles. The van der Waals surface area contributed by atoms with E-state index in [0.29, 0.717) is 19.4 Å². The molecule has 4 saturated heterocycles. The Morgan fingerprint density at radius 2 is 1.40 bits per heavy atom. The van der Waals surface area contributed by atoms with Crippen LogP contribution in [0.2, 0.25) is 5.04 Å². The second kappa shape index (κ2) is 22.2. The van der Waals surface area contributed by atoms with Crippen molar-refractivity contribution in [1.29, 1.82) is 0 Å². The fourth-order valence-corrected chi connectivity index (χ4v) is 17.1. The van der Waals surface area contributed by atoms with Crippen LogP contribution in [0.15, 0.2) is 120 Å². The molecule has 0 saturated carbocycles. The maximum atomic E-state index is 14.1. The molecule has 4 aliphatic heterocycles. The van der Waals surface area contributed by atoms with Gasteiger partial charge in [-0.05, 0) is 118 Å². The molecule has 0 radical (unpaired) electrons. The van der Waals surface area contributed by atoms with Crippen molar-refractivity contribution in [2.45, 2.75) is 190 Å². The van der Waals surface area contributed by atoms with Crippen molar-refractivity contribution in [2.24, 2.45) is 11.8 Å². The van der Waals surface area contributed by atoms with Gasteiger partial charge in [-0.1, -0.05) is 126 Å². The Balaban J connectivity index is 0.964. The summed E-state index contributed by atoms with van der Waals surface area (Å²) in [5, 5.41) is 1.80. The van der Waals surface area contributed by atoms with Crippen molar-refractivity contribution in [3.63, 3.8) is 0 Å². The summed E-state index contributed by atoms with van der Waals surface area (Å²) in [5.41, 5.74) is 0.527. The largest absolute Gasteiger partial charge is 0.444 e. The first-order valence-electron chi connectivity index (χ1n) is 25.7. The lowest BCUT2D eigenvalue weighted by molar-refractivity contribution is -0.0992. The third kappa shape index (κ3) is 12.6. The molecule has 1 amide bonds. The number of hydrogen-bond donors (Lipinski definition) is 1. The summed E-state index contributed by atoms with van der Waals surface area (Å²) in [5.74, 6) is -0.489. The fraction of sp³-hybridized carbons (Fsp3) is 0.596. The zero-order valence-electron chi connectivity index (χ0n) is 43.3. The van der Waals surface area contributed by atoms with E-state index in [1.54, 1.807) is 42.3 Å². The number of carbonyl (C=O) groups is 1. The highest BCUT2D eigenvalue weighted by Crippen LogP contribution is 2.44. The van der Waals surface area contributed by atoms with E-state index in [-0.39, 0.29) is 46.0 Å². The average molecular weight is 1000 g/mol. The molecule has 7 rings (SSSR count). The summed E-state index contributed by atoms with van der Waals surface area (Å²) in [6, 6.07) is 29.0. The van der Waals surface area contributed by atoms with E-state index in [9.17, 15) is 18.0 Å². The van der Waals surface area contributed by atoms with Crippen LogP contribution in [0.3, 0.4) is 0 Å². The first kappa shape index (κ1) is 54.1. The Morgan fingerprint density at radius 1 is 0.800 bits per heavy atom. The lowest BCUT2D eigenvalue weighted by Crippen LogP contribution is -2.65. The highest BCUT2D eigenvalue weighted by Gasteiger charge is 2.52. The number of benzene rings is 3. The van der Waals surface area contributed by atoms with Crippen molar-refractivity contribution < 1.29 is 46.4 Å². The molecule has 3 aromatic carbocycles. The zero-order valence-corrected chi connectivity index (χ0v) is 45.1. The highest BCUT2D eigenvalue weighted by molar-refractivity contribution is 7.91. The lowest BCUT2D eigenvalue weighted by Gasteiger charge is -2.41. The van der Waals surface area contributed by atoms with E-state index in [1.165, 1.54) is 0 Å². The predicted molar refractivity (Wildman–Crippen MR) is 278 cm³/mol. The minimum Gasteiger partial charge on any atom is -0.444 e. The minimum atomic E-state index is -3.73. The normalized spacial score (nSPS) is 28.6. The molecule has 4 aliphatic rings. The van der Waals surface area contributed by atoms with Crippen LogP contribution in [0.1, 0.15) is 120 Å². The minimum absolute atomic E-state index is 0.0411. The topological polar surface area (TPSA) is 130 Å². The van der Waals surface area contributed by atoms with E-state index in [4.69, 9.17) is 28.4 Å². The molecule has 3 aromatic rings. The second-order valence-corrected chi connectivity index (χ2v) is 28.6. The second-order valence-electron chi connectivity index (χ2n) is 22.6. The molecule has 384 valence electrons. The monoisotopic (exact) mass is 1000 g/mol. The molecule has 0 aromatic heterocycles. The first-order valence-corrected chi connectivity index (χ1v) is 29.3. The number of rotatable bonds is 19. The number of amides is 1. The number of hydrogen-bond acceptors (Lipinski definition) is 10. The Kier molecular flexibility index (Phi) is 17.2. The molecule has 0 unspecified atom stereocenters. The SMILES string of the molecule is C=C1C[C@H](CCCCC(C)(C)[Si](O)(c2ccccc2)c2ccccc2)O[C@H]1CC[C@H]1C[C@@H](C)C(=C)[C@@H](C[C@@H]2O[C@H](C[C@H]3CN(C(=O)OC(C)(C)C)C(C)(C)O3)[C@H](OC)[C@H]2CS(=O)(=O)c2ccccc2)O1. The van der Waals surface area contributed by atoms with Gasteiger partial charge in [0.15, 0.2) is 9.84 Å². The van der Waals surface area contributed by atoms with Crippen LogP contribution in [-0.2, 0) is 38.3 Å². The molecule has 70 heavy (non-hydrogen) atoms. The summed E-state index contributed by atoms with van der Waals surface area (Å²) in [6.45, 7) is 25.1. The van der Waals surface area contributed by atoms with Gasteiger partial charge in [-0.3, -0.25) is 4.90 Å². The zero-order chi connectivity index (χ0) is 50.6. The van der Waals surface area contributed by atoms with Gasteiger partial charge >= 0.3 is 6.09 Å². The van der Waals surface area contributed by atoms with Crippen molar-refractivity contribution in [2.75, 3.05) is 19.4 Å². The van der Waals surface area contributed by atoms with Crippen molar-refractivity contribution in [1.82, 2.24) is 4.90 Å². The van der Waals surface area contributed by atoms with Crippen LogP contribution in [0.4, 0.5) is 4.79 Å². The summed E-state index contributed by atoms with van der Waals surface area (Å²) in [6.07, 6.45) is 5.19. The maximum absolute atomic E-state index is 14.1. The van der Waals surface area contributed by atoms with Gasteiger partial charge in [0.05, 0.1) is 66.0 Å². The van der Waals surface area contributed by atoms with Crippen LogP contribution in [0.25, 0.3) is 0 Å². The molecule has 13 heteroatoms. The van der Waals surface area contributed by atoms with Crippen LogP contribution in [-0.4, -0.2) is 112 Å². The molecule has 0 aliphatic carbocycles.